The van der Waals surface area contributed by atoms with Crippen LogP contribution in [0.3, 0.4) is 0 Å². The average molecular weight is 470 g/mol. The third kappa shape index (κ3) is 3.04. The summed E-state index contributed by atoms with van der Waals surface area (Å²) < 4.78 is 2.45. The van der Waals surface area contributed by atoms with Gasteiger partial charge in [-0.3, -0.25) is 0 Å². The summed E-state index contributed by atoms with van der Waals surface area (Å²) in [6, 6.07) is 50.7. The Morgan fingerprint density at radius 3 is 1.57 bits per heavy atom. The molecule has 0 radical (unpaired) electrons. The summed E-state index contributed by atoms with van der Waals surface area (Å²) in [6.07, 6.45) is 0. The van der Waals surface area contributed by atoms with E-state index in [0.29, 0.717) is 0 Å². The van der Waals surface area contributed by atoms with Crippen LogP contribution in [0.1, 0.15) is 0 Å². The molecule has 2 aromatic heterocycles. The molecule has 0 N–H and O–H groups in total. The van der Waals surface area contributed by atoms with Crippen LogP contribution in [-0.4, -0.2) is 4.40 Å². The lowest BCUT2D eigenvalue weighted by molar-refractivity contribution is 1.37. The number of para-hydroxylation sites is 1. The minimum absolute atomic E-state index is 1.24. The molecule has 0 unspecified atom stereocenters. The molecule has 1 heteroatoms. The van der Waals surface area contributed by atoms with Crippen molar-refractivity contribution in [3.05, 3.63) is 140 Å². The molecule has 0 saturated heterocycles. The zero-order valence-corrected chi connectivity index (χ0v) is 20.2. The van der Waals surface area contributed by atoms with Crippen LogP contribution in [0.25, 0.3) is 71.5 Å². The third-order valence-electron chi connectivity index (χ3n) is 7.71. The van der Waals surface area contributed by atoms with E-state index in [1.165, 1.54) is 71.5 Å². The smallest absolute Gasteiger partial charge is 0.0620 e. The number of rotatable bonds is 3. The van der Waals surface area contributed by atoms with Crippen molar-refractivity contribution in [3.8, 4) is 33.4 Å². The second-order valence-electron chi connectivity index (χ2n) is 9.82. The highest BCUT2D eigenvalue weighted by atomic mass is 14.9. The van der Waals surface area contributed by atoms with E-state index in [1.807, 2.05) is 0 Å². The van der Waals surface area contributed by atoms with E-state index in [9.17, 15) is 0 Å². The van der Waals surface area contributed by atoms with Crippen molar-refractivity contribution in [2.75, 3.05) is 0 Å². The Kier molecular flexibility index (Phi) is 4.29. The molecule has 0 fully saturated rings. The largest absolute Gasteiger partial charge is 0.308 e. The first-order valence-electron chi connectivity index (χ1n) is 12.8. The van der Waals surface area contributed by atoms with Gasteiger partial charge >= 0.3 is 0 Å². The van der Waals surface area contributed by atoms with Gasteiger partial charge < -0.3 is 4.40 Å². The highest BCUT2D eigenvalue weighted by molar-refractivity contribution is 6.24. The SMILES string of the molecule is c1ccc(-c2cccc(-c3ccc4c(c3)c3cc(-c5ccccc5)cc5c6ccccc6n4c53)c2)cc1. The predicted octanol–water partition coefficient (Wildman–Crippen LogP) is 9.84. The van der Waals surface area contributed by atoms with E-state index < -0.39 is 0 Å². The Bertz CT molecular complexity index is 2060. The quantitative estimate of drug-likeness (QED) is 0.242. The summed E-state index contributed by atoms with van der Waals surface area (Å²) in [5, 5.41) is 5.23. The monoisotopic (exact) mass is 469 g/mol. The molecule has 0 aliphatic rings. The fourth-order valence-electron chi connectivity index (χ4n) is 5.99. The lowest BCUT2D eigenvalue weighted by Crippen LogP contribution is -1.83. The molecule has 1 nitrogen and oxygen atoms in total. The number of aromatic nitrogens is 1. The van der Waals surface area contributed by atoms with Gasteiger partial charge in [-0.25, -0.2) is 0 Å². The van der Waals surface area contributed by atoms with Crippen LogP contribution in [0.15, 0.2) is 140 Å². The van der Waals surface area contributed by atoms with Crippen LogP contribution >= 0.6 is 0 Å². The van der Waals surface area contributed by atoms with E-state index in [2.05, 4.69) is 144 Å². The lowest BCUT2D eigenvalue weighted by atomic mass is 9.96. The Hall–Kier alpha value is -4.88. The van der Waals surface area contributed by atoms with Crippen molar-refractivity contribution >= 4 is 38.1 Å². The summed E-state index contributed by atoms with van der Waals surface area (Å²) in [5.41, 5.74) is 11.3. The van der Waals surface area contributed by atoms with Gasteiger partial charge in [-0.2, -0.15) is 0 Å². The third-order valence-corrected chi connectivity index (χ3v) is 7.71. The normalized spacial score (nSPS) is 11.8. The molecule has 0 aliphatic heterocycles. The fraction of sp³-hybridized carbons (Fsp3) is 0. The molecule has 0 atom stereocenters. The molecule has 8 rings (SSSR count). The van der Waals surface area contributed by atoms with Crippen LogP contribution in [0.5, 0.6) is 0 Å². The first kappa shape index (κ1) is 20.3. The molecule has 37 heavy (non-hydrogen) atoms. The van der Waals surface area contributed by atoms with Crippen LogP contribution in [0.4, 0.5) is 0 Å². The number of hydrogen-bond donors (Lipinski definition) is 0. The second-order valence-corrected chi connectivity index (χ2v) is 9.82. The molecule has 0 saturated carbocycles. The predicted molar refractivity (Wildman–Crippen MR) is 157 cm³/mol. The van der Waals surface area contributed by atoms with Crippen LogP contribution in [0.2, 0.25) is 0 Å². The Balaban J connectivity index is 1.42. The minimum Gasteiger partial charge on any atom is -0.308 e. The topological polar surface area (TPSA) is 4.41 Å². The van der Waals surface area contributed by atoms with Crippen molar-refractivity contribution in [1.29, 1.82) is 0 Å². The zero-order chi connectivity index (χ0) is 24.3. The van der Waals surface area contributed by atoms with E-state index in [-0.39, 0.29) is 0 Å². The van der Waals surface area contributed by atoms with E-state index in [1.54, 1.807) is 0 Å². The highest BCUT2D eigenvalue weighted by Crippen LogP contribution is 2.42. The first-order valence-corrected chi connectivity index (χ1v) is 12.8. The second kappa shape index (κ2) is 7.81. The van der Waals surface area contributed by atoms with Gasteiger partial charge in [-0.15, -0.1) is 0 Å². The zero-order valence-electron chi connectivity index (χ0n) is 20.2. The lowest BCUT2D eigenvalue weighted by Gasteiger charge is -2.07. The maximum absolute atomic E-state index is 2.45. The molecule has 0 amide bonds. The molecule has 0 aliphatic carbocycles. The van der Waals surface area contributed by atoms with Gasteiger partial charge in [-0.05, 0) is 69.8 Å². The van der Waals surface area contributed by atoms with Gasteiger partial charge in [0.2, 0.25) is 0 Å². The molecule has 0 bridgehead atoms. The Morgan fingerprint density at radius 2 is 0.811 bits per heavy atom. The average Bonchev–Trinajstić information content (AvgIpc) is 3.49. The van der Waals surface area contributed by atoms with Gasteiger partial charge in [0.1, 0.15) is 0 Å². The van der Waals surface area contributed by atoms with Crippen LogP contribution in [0, 0.1) is 0 Å². The van der Waals surface area contributed by atoms with Gasteiger partial charge in [0.15, 0.2) is 0 Å². The van der Waals surface area contributed by atoms with Crippen molar-refractivity contribution in [2.24, 2.45) is 0 Å². The summed E-state index contributed by atoms with van der Waals surface area (Å²) in [4.78, 5) is 0. The van der Waals surface area contributed by atoms with Crippen LogP contribution in [-0.2, 0) is 0 Å². The number of benzene rings is 6. The molecule has 6 aromatic carbocycles. The van der Waals surface area contributed by atoms with E-state index in [4.69, 9.17) is 0 Å². The van der Waals surface area contributed by atoms with Gasteiger partial charge in [0.25, 0.3) is 0 Å². The number of fused-ring (bicyclic) bond motifs is 6. The Morgan fingerprint density at radius 1 is 0.297 bits per heavy atom. The highest BCUT2D eigenvalue weighted by Gasteiger charge is 2.19. The minimum atomic E-state index is 1.24. The molecule has 8 aromatic rings. The molecular weight excluding hydrogens is 446 g/mol. The Labute approximate surface area is 215 Å². The molecule has 2 heterocycles. The summed E-state index contributed by atoms with van der Waals surface area (Å²) in [5.74, 6) is 0. The molecule has 0 spiro atoms. The number of nitrogens with zero attached hydrogens (tertiary/aromatic N) is 1. The first-order chi connectivity index (χ1) is 18.3. The summed E-state index contributed by atoms with van der Waals surface area (Å²) in [6.45, 7) is 0. The number of hydrogen-bond acceptors (Lipinski definition) is 0. The standard InChI is InChI=1S/C36H23N/c1-3-10-24(11-4-1)26-14-9-15-27(20-26)28-18-19-35-31(21-28)33-23-29(25-12-5-2-6-13-25)22-32-30-16-7-8-17-34(30)37(35)36(32)33/h1-23H. The van der Waals surface area contributed by atoms with E-state index in [0.717, 1.165) is 0 Å². The van der Waals surface area contributed by atoms with Crippen molar-refractivity contribution in [2.45, 2.75) is 0 Å². The van der Waals surface area contributed by atoms with Crippen molar-refractivity contribution < 1.29 is 0 Å². The van der Waals surface area contributed by atoms with Crippen molar-refractivity contribution in [3.63, 3.8) is 0 Å². The van der Waals surface area contributed by atoms with Gasteiger partial charge in [0, 0.05) is 21.5 Å². The van der Waals surface area contributed by atoms with Gasteiger partial charge in [-0.1, -0.05) is 103 Å². The fourth-order valence-corrected chi connectivity index (χ4v) is 5.99. The van der Waals surface area contributed by atoms with Crippen LogP contribution < -0.4 is 0 Å². The summed E-state index contributed by atoms with van der Waals surface area (Å²) in [7, 11) is 0. The van der Waals surface area contributed by atoms with Crippen molar-refractivity contribution in [1.82, 2.24) is 4.40 Å². The summed E-state index contributed by atoms with van der Waals surface area (Å²) >= 11 is 0. The maximum Gasteiger partial charge on any atom is 0.0620 e. The maximum atomic E-state index is 2.45. The molecular formula is C36H23N. The van der Waals surface area contributed by atoms with Gasteiger partial charge in [0.05, 0.1) is 16.6 Å². The molecule has 172 valence electrons. The van der Waals surface area contributed by atoms with E-state index >= 15 is 0 Å².